The van der Waals surface area contributed by atoms with Crippen molar-refractivity contribution < 1.29 is 14.3 Å². The molecule has 0 radical (unpaired) electrons. The molecule has 26 heavy (non-hydrogen) atoms. The molecule has 1 aromatic heterocycles. The van der Waals surface area contributed by atoms with Gasteiger partial charge in [-0.3, -0.25) is 9.59 Å². The third kappa shape index (κ3) is 4.77. The highest BCUT2D eigenvalue weighted by atomic mass is 16.5. The van der Waals surface area contributed by atoms with Crippen LogP contribution in [0.5, 0.6) is 0 Å². The van der Waals surface area contributed by atoms with Crippen LogP contribution >= 0.6 is 0 Å². The zero-order valence-corrected chi connectivity index (χ0v) is 14.8. The maximum Gasteiger partial charge on any atom is 0.254 e. The lowest BCUT2D eigenvalue weighted by Gasteiger charge is -2.33. The van der Waals surface area contributed by atoms with Gasteiger partial charge in [-0.05, 0) is 30.5 Å². The van der Waals surface area contributed by atoms with E-state index in [1.54, 1.807) is 7.11 Å². The fraction of sp³-hybridized carbons (Fsp3) is 0.421. The number of aryl methyl sites for hydroxylation is 1. The number of rotatable bonds is 6. The molecule has 1 atom stereocenters. The number of nitrogens with one attached hydrogen (secondary N) is 1. The van der Waals surface area contributed by atoms with Gasteiger partial charge in [0.15, 0.2) is 0 Å². The number of carbonyl (C=O) groups excluding carboxylic acids is 1. The summed E-state index contributed by atoms with van der Waals surface area (Å²) in [6, 6.07) is 9.00. The average Bonchev–Trinajstić information content (AvgIpc) is 2.67. The summed E-state index contributed by atoms with van der Waals surface area (Å²) in [5, 5.41) is 0. The van der Waals surface area contributed by atoms with Gasteiger partial charge in [0, 0.05) is 37.5 Å². The van der Waals surface area contributed by atoms with E-state index < -0.39 is 0 Å². The number of aromatic nitrogens is 2. The van der Waals surface area contributed by atoms with E-state index in [1.165, 1.54) is 12.4 Å². The molecule has 0 unspecified atom stereocenters. The number of ether oxygens (including phenoxy) is 2. The molecule has 0 spiro atoms. The van der Waals surface area contributed by atoms with Gasteiger partial charge in [-0.15, -0.1) is 0 Å². The number of aromatic amines is 1. The van der Waals surface area contributed by atoms with Crippen LogP contribution in [0, 0.1) is 0 Å². The van der Waals surface area contributed by atoms with Crippen LogP contribution in [-0.2, 0) is 22.5 Å². The first-order chi connectivity index (χ1) is 12.7. The smallest absolute Gasteiger partial charge is 0.254 e. The van der Waals surface area contributed by atoms with Crippen molar-refractivity contribution in [1.82, 2.24) is 14.9 Å². The molecule has 1 aliphatic heterocycles. The number of nitrogens with zero attached hydrogens (tertiary/aromatic N) is 2. The van der Waals surface area contributed by atoms with Crippen molar-refractivity contribution in [3.05, 3.63) is 63.8 Å². The van der Waals surface area contributed by atoms with E-state index in [1.807, 2.05) is 29.2 Å². The second-order valence-corrected chi connectivity index (χ2v) is 6.32. The first-order valence-corrected chi connectivity index (χ1v) is 8.68. The summed E-state index contributed by atoms with van der Waals surface area (Å²) in [7, 11) is 1.64. The molecule has 1 fully saturated rings. The molecular weight excluding hydrogens is 334 g/mol. The molecule has 3 rings (SSSR count). The monoisotopic (exact) mass is 357 g/mol. The van der Waals surface area contributed by atoms with Crippen LogP contribution in [0.2, 0.25) is 0 Å². The third-order valence-corrected chi connectivity index (χ3v) is 4.37. The summed E-state index contributed by atoms with van der Waals surface area (Å²) in [6.45, 7) is 2.11. The van der Waals surface area contributed by atoms with Gasteiger partial charge in [-0.2, -0.15) is 0 Å². The summed E-state index contributed by atoms with van der Waals surface area (Å²) < 4.78 is 10.9. The van der Waals surface area contributed by atoms with E-state index in [4.69, 9.17) is 9.47 Å². The second-order valence-electron chi connectivity index (χ2n) is 6.32. The summed E-state index contributed by atoms with van der Waals surface area (Å²) >= 11 is 0. The molecule has 1 N–H and O–H groups in total. The Balaban J connectivity index is 1.59. The van der Waals surface area contributed by atoms with Gasteiger partial charge in [0.05, 0.1) is 25.6 Å². The van der Waals surface area contributed by atoms with Gasteiger partial charge >= 0.3 is 0 Å². The molecule has 0 saturated carbocycles. The van der Waals surface area contributed by atoms with Crippen LogP contribution < -0.4 is 5.56 Å². The van der Waals surface area contributed by atoms with Crippen LogP contribution in [0.15, 0.2) is 41.5 Å². The molecule has 1 aromatic carbocycles. The van der Waals surface area contributed by atoms with Gasteiger partial charge in [-0.25, -0.2) is 4.98 Å². The van der Waals surface area contributed by atoms with E-state index in [0.717, 1.165) is 11.3 Å². The van der Waals surface area contributed by atoms with Gasteiger partial charge in [0.1, 0.15) is 0 Å². The third-order valence-electron chi connectivity index (χ3n) is 4.37. The first kappa shape index (κ1) is 18.3. The molecule has 2 aromatic rings. The predicted octanol–water partition coefficient (Wildman–Crippen LogP) is 1.39. The largest absolute Gasteiger partial charge is 0.380 e. The van der Waals surface area contributed by atoms with Crippen LogP contribution in [0.4, 0.5) is 0 Å². The first-order valence-electron chi connectivity index (χ1n) is 8.68. The predicted molar refractivity (Wildman–Crippen MR) is 96.0 cm³/mol. The van der Waals surface area contributed by atoms with Crippen molar-refractivity contribution in [3.63, 3.8) is 0 Å². The average molecular weight is 357 g/mol. The van der Waals surface area contributed by atoms with Crippen LogP contribution in [-0.4, -0.2) is 53.7 Å². The minimum Gasteiger partial charge on any atom is -0.380 e. The lowest BCUT2D eigenvalue weighted by atomic mass is 10.1. The Bertz CT molecular complexity index is 805. The SMILES string of the molecule is COCc1cccc(C(=O)N2CCO[C@@H](CCc3cc(=O)[nH]cn3)C2)c1. The number of morpholine rings is 1. The van der Waals surface area contributed by atoms with Crippen molar-refractivity contribution in [2.75, 3.05) is 26.8 Å². The van der Waals surface area contributed by atoms with E-state index in [-0.39, 0.29) is 17.6 Å². The van der Waals surface area contributed by atoms with Crippen LogP contribution in [0.1, 0.15) is 28.0 Å². The molecule has 1 amide bonds. The van der Waals surface area contributed by atoms with E-state index in [9.17, 15) is 9.59 Å². The molecule has 7 nitrogen and oxygen atoms in total. The van der Waals surface area contributed by atoms with Crippen LogP contribution in [0.3, 0.4) is 0 Å². The second kappa shape index (κ2) is 8.73. The number of benzene rings is 1. The Morgan fingerprint density at radius 1 is 1.42 bits per heavy atom. The highest BCUT2D eigenvalue weighted by molar-refractivity contribution is 5.94. The molecule has 138 valence electrons. The highest BCUT2D eigenvalue weighted by Gasteiger charge is 2.25. The number of methoxy groups -OCH3 is 1. The summed E-state index contributed by atoms with van der Waals surface area (Å²) in [6.07, 6.45) is 2.70. The van der Waals surface area contributed by atoms with Gasteiger partial charge in [0.2, 0.25) is 0 Å². The number of hydrogen-bond acceptors (Lipinski definition) is 5. The fourth-order valence-electron chi connectivity index (χ4n) is 3.08. The van der Waals surface area contributed by atoms with Crippen molar-refractivity contribution in [2.45, 2.75) is 25.6 Å². The quantitative estimate of drug-likeness (QED) is 0.845. The van der Waals surface area contributed by atoms with Gasteiger partial charge < -0.3 is 19.4 Å². The minimum atomic E-state index is -0.160. The number of amides is 1. The fourth-order valence-corrected chi connectivity index (χ4v) is 3.08. The lowest BCUT2D eigenvalue weighted by molar-refractivity contribution is -0.0247. The summed E-state index contributed by atoms with van der Waals surface area (Å²) in [5.41, 5.74) is 2.21. The minimum absolute atomic E-state index is 0.00512. The molecule has 0 aliphatic carbocycles. The standard InChI is InChI=1S/C19H23N3O4/c1-25-12-14-3-2-4-15(9-14)19(24)22-7-8-26-17(11-22)6-5-16-10-18(23)21-13-20-16/h2-4,9-10,13,17H,5-8,11-12H2,1H3,(H,20,21,23)/t17-/m0/s1. The molecule has 7 heteroatoms. The van der Waals surface area contributed by atoms with E-state index in [2.05, 4.69) is 9.97 Å². The summed E-state index contributed by atoms with van der Waals surface area (Å²) in [5.74, 6) is 0.00512. The van der Waals surface area contributed by atoms with Gasteiger partial charge in [0.25, 0.3) is 11.5 Å². The van der Waals surface area contributed by atoms with Crippen molar-refractivity contribution in [1.29, 1.82) is 0 Å². The lowest BCUT2D eigenvalue weighted by Crippen LogP contribution is -2.45. The number of H-pyrrole nitrogens is 1. The zero-order valence-electron chi connectivity index (χ0n) is 14.8. The summed E-state index contributed by atoms with van der Waals surface area (Å²) in [4.78, 5) is 32.6. The van der Waals surface area contributed by atoms with Gasteiger partial charge in [-0.1, -0.05) is 12.1 Å². The normalized spacial score (nSPS) is 17.3. The van der Waals surface area contributed by atoms with E-state index >= 15 is 0 Å². The topological polar surface area (TPSA) is 84.5 Å². The van der Waals surface area contributed by atoms with Crippen LogP contribution in [0.25, 0.3) is 0 Å². The number of hydrogen-bond donors (Lipinski definition) is 1. The Morgan fingerprint density at radius 3 is 3.12 bits per heavy atom. The number of carbonyl (C=O) groups is 1. The van der Waals surface area contributed by atoms with Crippen molar-refractivity contribution in [3.8, 4) is 0 Å². The molecule has 1 saturated heterocycles. The molecule has 0 bridgehead atoms. The highest BCUT2D eigenvalue weighted by Crippen LogP contribution is 2.15. The Hall–Kier alpha value is -2.51. The maximum absolute atomic E-state index is 12.8. The van der Waals surface area contributed by atoms with Crippen molar-refractivity contribution >= 4 is 5.91 Å². The molecule has 2 heterocycles. The Kier molecular flexibility index (Phi) is 6.14. The zero-order chi connectivity index (χ0) is 18.4. The molecular formula is C19H23N3O4. The van der Waals surface area contributed by atoms with E-state index in [0.29, 0.717) is 44.7 Å². The Labute approximate surface area is 152 Å². The van der Waals surface area contributed by atoms with Crippen molar-refractivity contribution in [2.24, 2.45) is 0 Å². The maximum atomic E-state index is 12.8. The molecule has 1 aliphatic rings. The Morgan fingerprint density at radius 2 is 2.31 bits per heavy atom.